The molecule has 3 N–H and O–H groups in total. The number of hydrogen-bond acceptors (Lipinski definition) is 3. The van der Waals surface area contributed by atoms with Crippen LogP contribution in [0.4, 0.5) is 5.82 Å². The maximum Gasteiger partial charge on any atom is 0.126 e. The largest absolute Gasteiger partial charge is 0.390 e. The summed E-state index contributed by atoms with van der Waals surface area (Å²) in [5, 5.41) is 10.8. The topological polar surface area (TPSA) is 59.1 Å². The lowest BCUT2D eigenvalue weighted by Gasteiger charge is -2.42. The number of aromatic nitrogens is 1. The summed E-state index contributed by atoms with van der Waals surface area (Å²) < 4.78 is 0. The highest BCUT2D eigenvalue weighted by molar-refractivity contribution is 5.39. The van der Waals surface area contributed by atoms with Gasteiger partial charge >= 0.3 is 0 Å². The summed E-state index contributed by atoms with van der Waals surface area (Å²) in [5.74, 6) is 1.27. The van der Waals surface area contributed by atoms with Crippen molar-refractivity contribution in [1.29, 1.82) is 0 Å². The molecule has 3 nitrogen and oxygen atoms in total. The molecule has 1 aliphatic rings. The Morgan fingerprint density at radius 2 is 2.05 bits per heavy atom. The fourth-order valence-corrected chi connectivity index (χ4v) is 3.36. The minimum absolute atomic E-state index is 0.384. The minimum atomic E-state index is -0.600. The van der Waals surface area contributed by atoms with Crippen molar-refractivity contribution in [3.8, 4) is 0 Å². The van der Waals surface area contributed by atoms with Crippen LogP contribution in [0.5, 0.6) is 0 Å². The molecule has 0 bridgehead atoms. The highest BCUT2D eigenvalue weighted by Gasteiger charge is 2.38. The highest BCUT2D eigenvalue weighted by Crippen LogP contribution is 2.44. The van der Waals surface area contributed by atoms with E-state index in [2.05, 4.69) is 25.8 Å². The zero-order valence-electron chi connectivity index (χ0n) is 13.0. The van der Waals surface area contributed by atoms with Crippen molar-refractivity contribution in [2.45, 2.75) is 64.9 Å². The molecule has 0 atom stereocenters. The molecule has 0 radical (unpaired) electrons. The highest BCUT2D eigenvalue weighted by atomic mass is 16.3. The lowest BCUT2D eigenvalue weighted by atomic mass is 9.65. The van der Waals surface area contributed by atoms with Crippen LogP contribution in [-0.2, 0) is 6.42 Å². The van der Waals surface area contributed by atoms with Crippen LogP contribution in [-0.4, -0.2) is 15.7 Å². The normalized spacial score (nSPS) is 27.5. The standard InChI is InChI=1S/C17H28N2O/c1-4-16(2,3)14-7-9-17(20,10-8-14)12-13-6-5-11-19-15(13)18/h5-6,11,14,20H,4,7-10,12H2,1-3H3,(H2,18,19). The summed E-state index contributed by atoms with van der Waals surface area (Å²) in [7, 11) is 0. The van der Waals surface area contributed by atoms with E-state index in [-0.39, 0.29) is 0 Å². The van der Waals surface area contributed by atoms with Gasteiger partial charge in [-0.05, 0) is 48.6 Å². The first-order valence-corrected chi connectivity index (χ1v) is 7.78. The average Bonchev–Trinajstić information content (AvgIpc) is 2.42. The zero-order valence-corrected chi connectivity index (χ0v) is 13.0. The Kier molecular flexibility index (Phi) is 4.38. The van der Waals surface area contributed by atoms with Crippen LogP contribution >= 0.6 is 0 Å². The van der Waals surface area contributed by atoms with Crippen molar-refractivity contribution in [2.75, 3.05) is 5.73 Å². The lowest BCUT2D eigenvalue weighted by Crippen LogP contribution is -2.39. The molecule has 112 valence electrons. The third-order valence-electron chi connectivity index (χ3n) is 5.38. The van der Waals surface area contributed by atoms with Gasteiger partial charge in [-0.3, -0.25) is 0 Å². The van der Waals surface area contributed by atoms with Crippen molar-refractivity contribution in [2.24, 2.45) is 11.3 Å². The fraction of sp³-hybridized carbons (Fsp3) is 0.706. The Bertz CT molecular complexity index is 448. The smallest absolute Gasteiger partial charge is 0.126 e. The number of anilines is 1. The maximum atomic E-state index is 10.8. The van der Waals surface area contributed by atoms with Gasteiger partial charge in [0.2, 0.25) is 0 Å². The molecular weight excluding hydrogens is 248 g/mol. The molecule has 3 heteroatoms. The van der Waals surface area contributed by atoms with Gasteiger partial charge in [0.1, 0.15) is 5.82 Å². The van der Waals surface area contributed by atoms with Gasteiger partial charge in [-0.25, -0.2) is 4.98 Å². The van der Waals surface area contributed by atoms with E-state index in [0.717, 1.165) is 37.2 Å². The molecule has 0 aliphatic heterocycles. The number of nitrogen functional groups attached to an aromatic ring is 1. The summed E-state index contributed by atoms with van der Waals surface area (Å²) in [6.07, 6.45) is 7.49. The molecule has 0 saturated heterocycles. The second-order valence-corrected chi connectivity index (χ2v) is 7.07. The summed E-state index contributed by atoms with van der Waals surface area (Å²) in [6, 6.07) is 3.86. The van der Waals surface area contributed by atoms with E-state index in [0.29, 0.717) is 17.7 Å². The van der Waals surface area contributed by atoms with Gasteiger partial charge in [0.05, 0.1) is 5.60 Å². The second kappa shape index (κ2) is 5.72. The van der Waals surface area contributed by atoms with E-state index in [1.807, 2.05) is 12.1 Å². The zero-order chi connectivity index (χ0) is 14.8. The molecule has 0 aromatic carbocycles. The Morgan fingerprint density at radius 3 is 2.60 bits per heavy atom. The molecule has 0 unspecified atom stereocenters. The van der Waals surface area contributed by atoms with Crippen molar-refractivity contribution < 1.29 is 5.11 Å². The van der Waals surface area contributed by atoms with Crippen molar-refractivity contribution >= 4 is 5.82 Å². The summed E-state index contributed by atoms with van der Waals surface area (Å²) >= 11 is 0. The summed E-state index contributed by atoms with van der Waals surface area (Å²) in [5.41, 5.74) is 6.65. The molecule has 1 heterocycles. The Labute approximate surface area is 122 Å². The number of nitrogens with zero attached hydrogens (tertiary/aromatic N) is 1. The first-order valence-electron chi connectivity index (χ1n) is 7.78. The van der Waals surface area contributed by atoms with Crippen LogP contribution in [0.15, 0.2) is 18.3 Å². The van der Waals surface area contributed by atoms with Crippen LogP contribution < -0.4 is 5.73 Å². The van der Waals surface area contributed by atoms with E-state index in [4.69, 9.17) is 5.73 Å². The molecule has 1 saturated carbocycles. The van der Waals surface area contributed by atoms with Crippen molar-refractivity contribution in [1.82, 2.24) is 4.98 Å². The van der Waals surface area contributed by atoms with Gasteiger partial charge in [0.15, 0.2) is 0 Å². The van der Waals surface area contributed by atoms with E-state index in [1.54, 1.807) is 6.20 Å². The molecule has 0 amide bonds. The quantitative estimate of drug-likeness (QED) is 0.884. The van der Waals surface area contributed by atoms with Crippen molar-refractivity contribution in [3.05, 3.63) is 23.9 Å². The van der Waals surface area contributed by atoms with E-state index in [1.165, 1.54) is 6.42 Å². The van der Waals surface area contributed by atoms with Crippen LogP contribution in [0.25, 0.3) is 0 Å². The van der Waals surface area contributed by atoms with Crippen molar-refractivity contribution in [3.63, 3.8) is 0 Å². The SMILES string of the molecule is CCC(C)(C)C1CCC(O)(Cc2cccnc2N)CC1. The maximum absolute atomic E-state index is 10.8. The van der Waals surface area contributed by atoms with Gasteiger partial charge in [0.25, 0.3) is 0 Å². The van der Waals surface area contributed by atoms with E-state index < -0.39 is 5.60 Å². The predicted octanol–water partition coefficient (Wildman–Crippen LogP) is 3.56. The molecule has 1 aromatic heterocycles. The Balaban J connectivity index is 2.00. The van der Waals surface area contributed by atoms with E-state index >= 15 is 0 Å². The van der Waals surface area contributed by atoms with Gasteiger partial charge in [-0.15, -0.1) is 0 Å². The number of nitrogens with two attached hydrogens (primary N) is 1. The number of rotatable bonds is 4. The molecular formula is C17H28N2O. The van der Waals surface area contributed by atoms with Gasteiger partial charge in [-0.2, -0.15) is 0 Å². The van der Waals surface area contributed by atoms with E-state index in [9.17, 15) is 5.11 Å². The Morgan fingerprint density at radius 1 is 1.40 bits per heavy atom. The predicted molar refractivity (Wildman–Crippen MR) is 83.3 cm³/mol. The van der Waals surface area contributed by atoms with Gasteiger partial charge in [0, 0.05) is 12.6 Å². The first kappa shape index (κ1) is 15.3. The van der Waals surface area contributed by atoms with Crippen LogP contribution in [0.3, 0.4) is 0 Å². The minimum Gasteiger partial charge on any atom is -0.390 e. The number of hydrogen-bond donors (Lipinski definition) is 2. The molecule has 1 aromatic rings. The van der Waals surface area contributed by atoms with Gasteiger partial charge < -0.3 is 10.8 Å². The summed E-state index contributed by atoms with van der Waals surface area (Å²) in [4.78, 5) is 4.11. The monoisotopic (exact) mass is 276 g/mol. The van der Waals surface area contributed by atoms with Gasteiger partial charge in [-0.1, -0.05) is 33.3 Å². The molecule has 0 spiro atoms. The third-order valence-corrected chi connectivity index (χ3v) is 5.38. The van der Waals surface area contributed by atoms with Crippen LogP contribution in [0.1, 0.15) is 58.4 Å². The molecule has 1 fully saturated rings. The molecule has 20 heavy (non-hydrogen) atoms. The van der Waals surface area contributed by atoms with Crippen LogP contribution in [0, 0.1) is 11.3 Å². The average molecular weight is 276 g/mol. The fourth-order valence-electron chi connectivity index (χ4n) is 3.36. The Hall–Kier alpha value is -1.09. The second-order valence-electron chi connectivity index (χ2n) is 7.07. The summed E-state index contributed by atoms with van der Waals surface area (Å²) in [6.45, 7) is 6.96. The molecule has 1 aliphatic carbocycles. The third kappa shape index (κ3) is 3.32. The first-order chi connectivity index (χ1) is 9.36. The number of aliphatic hydroxyl groups is 1. The van der Waals surface area contributed by atoms with Crippen LogP contribution in [0.2, 0.25) is 0 Å². The number of pyridine rings is 1. The lowest BCUT2D eigenvalue weighted by molar-refractivity contribution is -0.0275. The molecule has 2 rings (SSSR count).